The van der Waals surface area contributed by atoms with E-state index in [4.69, 9.17) is 14.5 Å². The molecule has 0 aliphatic rings. The minimum Gasteiger partial charge on any atom is -0.497 e. The van der Waals surface area contributed by atoms with Crippen LogP contribution >= 0.6 is 0 Å². The van der Waals surface area contributed by atoms with Crippen molar-refractivity contribution in [1.29, 1.82) is 0 Å². The van der Waals surface area contributed by atoms with Crippen molar-refractivity contribution < 1.29 is 9.47 Å². The van der Waals surface area contributed by atoms with Crippen molar-refractivity contribution in [3.8, 4) is 28.6 Å². The molecule has 4 nitrogen and oxygen atoms in total. The van der Waals surface area contributed by atoms with Crippen LogP contribution in [0.1, 0.15) is 0 Å². The molecule has 0 atom stereocenters. The Morgan fingerprint density at radius 2 is 1.56 bits per heavy atom. The second-order valence-corrected chi connectivity index (χ2v) is 5.66. The quantitative estimate of drug-likeness (QED) is 0.544. The average molecular weight is 330 g/mol. The molecule has 4 aromatic rings. The van der Waals surface area contributed by atoms with Gasteiger partial charge in [0.05, 0.1) is 30.8 Å². The van der Waals surface area contributed by atoms with Gasteiger partial charge in [0.25, 0.3) is 0 Å². The van der Waals surface area contributed by atoms with Gasteiger partial charge in [-0.3, -0.25) is 4.57 Å². The minimum absolute atomic E-state index is 0.729. The van der Waals surface area contributed by atoms with E-state index in [-0.39, 0.29) is 0 Å². The fourth-order valence-corrected chi connectivity index (χ4v) is 3.03. The van der Waals surface area contributed by atoms with Crippen LogP contribution in [0.5, 0.6) is 11.5 Å². The van der Waals surface area contributed by atoms with E-state index < -0.39 is 0 Å². The first-order valence-electron chi connectivity index (χ1n) is 8.07. The lowest BCUT2D eigenvalue weighted by Gasteiger charge is -2.13. The zero-order valence-corrected chi connectivity index (χ0v) is 14.1. The smallest absolute Gasteiger partial charge is 0.149 e. The molecule has 124 valence electrons. The second-order valence-electron chi connectivity index (χ2n) is 5.66. The third-order valence-electron chi connectivity index (χ3n) is 4.22. The topological polar surface area (TPSA) is 36.3 Å². The number of fused-ring (bicyclic) bond motifs is 1. The average Bonchev–Trinajstić information content (AvgIpc) is 3.07. The summed E-state index contributed by atoms with van der Waals surface area (Å²) in [6.45, 7) is 0. The molecule has 0 radical (unpaired) electrons. The molecule has 0 aliphatic carbocycles. The van der Waals surface area contributed by atoms with Crippen molar-refractivity contribution in [3.63, 3.8) is 0 Å². The summed E-state index contributed by atoms with van der Waals surface area (Å²) < 4.78 is 13.1. The Morgan fingerprint density at radius 1 is 0.800 bits per heavy atom. The summed E-state index contributed by atoms with van der Waals surface area (Å²) in [6, 6.07) is 24.1. The number of nitrogens with zero attached hydrogens (tertiary/aromatic N) is 2. The van der Waals surface area contributed by atoms with E-state index in [0.29, 0.717) is 0 Å². The number of methoxy groups -OCH3 is 2. The van der Waals surface area contributed by atoms with E-state index in [0.717, 1.165) is 39.6 Å². The van der Waals surface area contributed by atoms with Gasteiger partial charge in [-0.1, -0.05) is 30.3 Å². The van der Waals surface area contributed by atoms with Gasteiger partial charge >= 0.3 is 0 Å². The van der Waals surface area contributed by atoms with Gasteiger partial charge in [-0.25, -0.2) is 4.98 Å². The molecule has 0 saturated carbocycles. The first-order valence-corrected chi connectivity index (χ1v) is 8.07. The Bertz CT molecular complexity index is 1020. The summed E-state index contributed by atoms with van der Waals surface area (Å²) in [5.41, 5.74) is 3.98. The zero-order chi connectivity index (χ0) is 17.2. The summed E-state index contributed by atoms with van der Waals surface area (Å²) in [7, 11) is 3.31. The van der Waals surface area contributed by atoms with Crippen LogP contribution in [0.2, 0.25) is 0 Å². The van der Waals surface area contributed by atoms with Gasteiger partial charge in [-0.15, -0.1) is 0 Å². The molecule has 4 heteroatoms. The Balaban J connectivity index is 2.03. The molecule has 0 fully saturated rings. The summed E-state index contributed by atoms with van der Waals surface area (Å²) in [5.74, 6) is 2.32. The van der Waals surface area contributed by atoms with Gasteiger partial charge in [0.1, 0.15) is 17.3 Å². The van der Waals surface area contributed by atoms with Crippen LogP contribution in [0.15, 0.2) is 72.8 Å². The molecule has 0 unspecified atom stereocenters. The standard InChI is InChI=1S/C21H18N2O2/c1-24-16-12-13-17(20(14-16)25-2)21-22-18-10-6-7-11-19(18)23(21)15-8-4-3-5-9-15/h3-14H,1-2H3. The Morgan fingerprint density at radius 3 is 2.32 bits per heavy atom. The van der Waals surface area contributed by atoms with E-state index in [1.807, 2.05) is 54.6 Å². The van der Waals surface area contributed by atoms with Crippen LogP contribution < -0.4 is 9.47 Å². The largest absolute Gasteiger partial charge is 0.497 e. The molecule has 25 heavy (non-hydrogen) atoms. The fraction of sp³-hybridized carbons (Fsp3) is 0.0952. The summed E-state index contributed by atoms with van der Waals surface area (Å²) in [6.07, 6.45) is 0. The fourth-order valence-electron chi connectivity index (χ4n) is 3.03. The Hall–Kier alpha value is -3.27. The molecule has 4 rings (SSSR count). The van der Waals surface area contributed by atoms with E-state index in [9.17, 15) is 0 Å². The van der Waals surface area contributed by atoms with Crippen LogP contribution in [-0.4, -0.2) is 23.8 Å². The van der Waals surface area contributed by atoms with Gasteiger partial charge < -0.3 is 9.47 Å². The maximum Gasteiger partial charge on any atom is 0.149 e. The number of hydrogen-bond donors (Lipinski definition) is 0. The Labute approximate surface area is 146 Å². The maximum atomic E-state index is 5.60. The molecular weight excluding hydrogens is 312 g/mol. The van der Waals surface area contributed by atoms with Crippen molar-refractivity contribution in [2.24, 2.45) is 0 Å². The van der Waals surface area contributed by atoms with E-state index in [1.54, 1.807) is 14.2 Å². The molecule has 0 amide bonds. The van der Waals surface area contributed by atoms with Gasteiger partial charge in [0, 0.05) is 11.8 Å². The normalized spacial score (nSPS) is 10.8. The summed E-state index contributed by atoms with van der Waals surface area (Å²) >= 11 is 0. The second kappa shape index (κ2) is 6.32. The number of rotatable bonds is 4. The summed E-state index contributed by atoms with van der Waals surface area (Å²) in [5, 5.41) is 0. The lowest BCUT2D eigenvalue weighted by atomic mass is 10.1. The molecular formula is C21H18N2O2. The third-order valence-corrected chi connectivity index (χ3v) is 4.22. The Kier molecular flexibility index (Phi) is 3.86. The SMILES string of the molecule is COc1ccc(-c2nc3ccccc3n2-c2ccccc2)c(OC)c1. The molecule has 0 bridgehead atoms. The molecule has 3 aromatic carbocycles. The molecule has 0 saturated heterocycles. The predicted octanol–water partition coefficient (Wildman–Crippen LogP) is 4.71. The predicted molar refractivity (Wildman–Crippen MR) is 99.6 cm³/mol. The number of ether oxygens (including phenoxy) is 2. The number of para-hydroxylation sites is 3. The van der Waals surface area contributed by atoms with Gasteiger partial charge in [0.15, 0.2) is 0 Å². The first kappa shape index (κ1) is 15.3. The van der Waals surface area contributed by atoms with Gasteiger partial charge in [0.2, 0.25) is 0 Å². The first-order chi connectivity index (χ1) is 12.3. The highest BCUT2D eigenvalue weighted by atomic mass is 16.5. The van der Waals surface area contributed by atoms with Crippen LogP contribution in [0, 0.1) is 0 Å². The van der Waals surface area contributed by atoms with Crippen molar-refractivity contribution in [2.75, 3.05) is 14.2 Å². The molecule has 1 heterocycles. The third kappa shape index (κ3) is 2.62. The number of benzene rings is 3. The maximum absolute atomic E-state index is 5.60. The lowest BCUT2D eigenvalue weighted by Crippen LogP contribution is -1.99. The van der Waals surface area contributed by atoms with Crippen LogP contribution in [0.3, 0.4) is 0 Å². The highest BCUT2D eigenvalue weighted by Gasteiger charge is 2.17. The molecule has 1 aromatic heterocycles. The lowest BCUT2D eigenvalue weighted by molar-refractivity contribution is 0.395. The van der Waals surface area contributed by atoms with Crippen molar-refractivity contribution in [1.82, 2.24) is 9.55 Å². The van der Waals surface area contributed by atoms with Crippen LogP contribution in [0.25, 0.3) is 28.1 Å². The van der Waals surface area contributed by atoms with E-state index in [1.165, 1.54) is 0 Å². The van der Waals surface area contributed by atoms with Crippen LogP contribution in [0.4, 0.5) is 0 Å². The number of hydrogen-bond acceptors (Lipinski definition) is 3. The van der Waals surface area contributed by atoms with Crippen molar-refractivity contribution in [3.05, 3.63) is 72.8 Å². The highest BCUT2D eigenvalue weighted by molar-refractivity contribution is 5.84. The highest BCUT2D eigenvalue weighted by Crippen LogP contribution is 2.36. The van der Waals surface area contributed by atoms with Gasteiger partial charge in [-0.05, 0) is 36.4 Å². The number of imidazole rings is 1. The van der Waals surface area contributed by atoms with E-state index in [2.05, 4.69) is 22.8 Å². The summed E-state index contributed by atoms with van der Waals surface area (Å²) in [4.78, 5) is 4.87. The zero-order valence-electron chi connectivity index (χ0n) is 14.1. The van der Waals surface area contributed by atoms with E-state index >= 15 is 0 Å². The number of aromatic nitrogens is 2. The molecule has 0 spiro atoms. The van der Waals surface area contributed by atoms with Crippen molar-refractivity contribution >= 4 is 11.0 Å². The van der Waals surface area contributed by atoms with Crippen LogP contribution in [-0.2, 0) is 0 Å². The minimum atomic E-state index is 0.729. The van der Waals surface area contributed by atoms with Crippen molar-refractivity contribution in [2.45, 2.75) is 0 Å². The van der Waals surface area contributed by atoms with Gasteiger partial charge in [-0.2, -0.15) is 0 Å². The monoisotopic (exact) mass is 330 g/mol. The molecule has 0 N–H and O–H groups in total. The molecule has 0 aliphatic heterocycles.